The first-order valence-electron chi connectivity index (χ1n) is 5.64. The molecule has 1 aliphatic rings. The zero-order chi connectivity index (χ0) is 11.5. The molecule has 0 amide bonds. The fourth-order valence-electron chi connectivity index (χ4n) is 1.89. The standard InChI is InChI=1S/C12H17NO2S/c1-9(11-4-5-16-8-11)13(7-12(14)15)6-10-2-3-10/h4-5,8-10H,2-3,6-7H2,1H3,(H,14,15). The monoisotopic (exact) mass is 239 g/mol. The molecule has 0 saturated heterocycles. The van der Waals surface area contributed by atoms with Gasteiger partial charge >= 0.3 is 5.97 Å². The summed E-state index contributed by atoms with van der Waals surface area (Å²) >= 11 is 1.66. The Kier molecular flexibility index (Phi) is 3.61. The Morgan fingerprint density at radius 1 is 1.69 bits per heavy atom. The van der Waals surface area contributed by atoms with E-state index in [1.54, 1.807) is 11.3 Å². The summed E-state index contributed by atoms with van der Waals surface area (Å²) < 4.78 is 0. The van der Waals surface area contributed by atoms with E-state index in [-0.39, 0.29) is 12.6 Å². The van der Waals surface area contributed by atoms with Gasteiger partial charge in [-0.1, -0.05) is 0 Å². The molecule has 2 rings (SSSR count). The minimum atomic E-state index is -0.734. The van der Waals surface area contributed by atoms with E-state index in [0.717, 1.165) is 12.5 Å². The predicted molar refractivity (Wildman–Crippen MR) is 64.7 cm³/mol. The molecule has 1 N–H and O–H groups in total. The summed E-state index contributed by atoms with van der Waals surface area (Å²) in [6, 6.07) is 2.29. The van der Waals surface area contributed by atoms with Crippen LogP contribution in [-0.2, 0) is 4.79 Å². The normalized spacial score (nSPS) is 17.6. The molecule has 1 aromatic heterocycles. The second-order valence-electron chi connectivity index (χ2n) is 4.50. The lowest BCUT2D eigenvalue weighted by molar-refractivity contribution is -0.139. The van der Waals surface area contributed by atoms with Gasteiger partial charge in [-0.2, -0.15) is 11.3 Å². The van der Waals surface area contributed by atoms with Gasteiger partial charge < -0.3 is 5.11 Å². The third kappa shape index (κ3) is 3.06. The van der Waals surface area contributed by atoms with Crippen molar-refractivity contribution in [2.24, 2.45) is 5.92 Å². The quantitative estimate of drug-likeness (QED) is 0.829. The van der Waals surface area contributed by atoms with Gasteiger partial charge in [0.1, 0.15) is 0 Å². The number of carboxylic acids is 1. The van der Waals surface area contributed by atoms with Crippen molar-refractivity contribution in [3.8, 4) is 0 Å². The highest BCUT2D eigenvalue weighted by Gasteiger charge is 2.28. The van der Waals surface area contributed by atoms with Crippen molar-refractivity contribution in [2.45, 2.75) is 25.8 Å². The molecule has 16 heavy (non-hydrogen) atoms. The Morgan fingerprint density at radius 2 is 2.44 bits per heavy atom. The summed E-state index contributed by atoms with van der Waals surface area (Å²) in [5.41, 5.74) is 1.23. The molecule has 0 aliphatic heterocycles. The lowest BCUT2D eigenvalue weighted by atomic mass is 10.1. The molecule has 0 radical (unpaired) electrons. The SMILES string of the molecule is CC(c1ccsc1)N(CC(=O)O)CC1CC1. The number of nitrogens with zero attached hydrogens (tertiary/aromatic N) is 1. The van der Waals surface area contributed by atoms with E-state index in [9.17, 15) is 4.79 Å². The van der Waals surface area contributed by atoms with Gasteiger partial charge in [-0.25, -0.2) is 0 Å². The molecule has 1 aliphatic carbocycles. The predicted octanol–water partition coefficient (Wildman–Crippen LogP) is 2.61. The summed E-state index contributed by atoms with van der Waals surface area (Å²) in [6.45, 7) is 3.16. The molecular formula is C12H17NO2S. The number of rotatable bonds is 6. The number of hydrogen-bond donors (Lipinski definition) is 1. The number of carbonyl (C=O) groups is 1. The Hall–Kier alpha value is -0.870. The minimum absolute atomic E-state index is 0.146. The molecule has 1 atom stereocenters. The third-order valence-corrected chi connectivity index (χ3v) is 3.80. The van der Waals surface area contributed by atoms with Gasteiger partial charge in [0.2, 0.25) is 0 Å². The van der Waals surface area contributed by atoms with Crippen LogP contribution >= 0.6 is 11.3 Å². The number of thiophene rings is 1. The topological polar surface area (TPSA) is 40.5 Å². The Balaban J connectivity index is 2.01. The largest absolute Gasteiger partial charge is 0.480 e. The lowest BCUT2D eigenvalue weighted by Gasteiger charge is -2.27. The van der Waals surface area contributed by atoms with Gasteiger partial charge in [-0.3, -0.25) is 9.69 Å². The molecule has 1 fully saturated rings. The first-order valence-corrected chi connectivity index (χ1v) is 6.59. The van der Waals surface area contributed by atoms with Crippen molar-refractivity contribution in [1.29, 1.82) is 0 Å². The van der Waals surface area contributed by atoms with Crippen molar-refractivity contribution in [2.75, 3.05) is 13.1 Å². The number of hydrogen-bond acceptors (Lipinski definition) is 3. The van der Waals surface area contributed by atoms with E-state index in [1.165, 1.54) is 18.4 Å². The smallest absolute Gasteiger partial charge is 0.317 e. The van der Waals surface area contributed by atoms with Crippen LogP contribution < -0.4 is 0 Å². The summed E-state index contributed by atoms with van der Waals surface area (Å²) in [7, 11) is 0. The molecule has 0 spiro atoms. The van der Waals surface area contributed by atoms with Crippen LogP contribution in [0.3, 0.4) is 0 Å². The fraction of sp³-hybridized carbons (Fsp3) is 0.583. The van der Waals surface area contributed by atoms with Crippen molar-refractivity contribution in [3.63, 3.8) is 0 Å². The summed E-state index contributed by atoms with van der Waals surface area (Å²) in [5, 5.41) is 13.1. The van der Waals surface area contributed by atoms with Gasteiger partial charge in [-0.15, -0.1) is 0 Å². The zero-order valence-electron chi connectivity index (χ0n) is 9.43. The molecule has 1 aromatic rings. The van der Waals surface area contributed by atoms with Gasteiger partial charge in [-0.05, 0) is 48.1 Å². The summed E-state index contributed by atoms with van der Waals surface area (Å²) in [4.78, 5) is 12.9. The van der Waals surface area contributed by atoms with Crippen LogP contribution in [0, 0.1) is 5.92 Å². The fourth-order valence-corrected chi connectivity index (χ4v) is 2.64. The first-order chi connectivity index (χ1) is 7.66. The van der Waals surface area contributed by atoms with E-state index in [0.29, 0.717) is 0 Å². The van der Waals surface area contributed by atoms with E-state index in [1.807, 2.05) is 5.38 Å². The maximum absolute atomic E-state index is 10.8. The van der Waals surface area contributed by atoms with Crippen LogP contribution in [0.4, 0.5) is 0 Å². The third-order valence-electron chi connectivity index (χ3n) is 3.10. The van der Waals surface area contributed by atoms with Crippen molar-refractivity contribution in [1.82, 2.24) is 4.90 Å². The first kappa shape index (κ1) is 11.6. The van der Waals surface area contributed by atoms with Crippen LogP contribution in [0.15, 0.2) is 16.8 Å². The average molecular weight is 239 g/mol. The molecule has 88 valence electrons. The van der Waals surface area contributed by atoms with E-state index in [4.69, 9.17) is 5.11 Å². The second-order valence-corrected chi connectivity index (χ2v) is 5.28. The summed E-state index contributed by atoms with van der Waals surface area (Å²) in [5.74, 6) is -0.0110. The van der Waals surface area contributed by atoms with E-state index < -0.39 is 5.97 Å². The van der Waals surface area contributed by atoms with Crippen LogP contribution in [0.25, 0.3) is 0 Å². The number of carboxylic acid groups (broad SMARTS) is 1. The van der Waals surface area contributed by atoms with Gasteiger partial charge in [0.15, 0.2) is 0 Å². The molecule has 0 aromatic carbocycles. The average Bonchev–Trinajstić information content (AvgIpc) is 2.88. The highest BCUT2D eigenvalue weighted by atomic mass is 32.1. The van der Waals surface area contributed by atoms with Crippen LogP contribution in [0.1, 0.15) is 31.4 Å². The van der Waals surface area contributed by atoms with Gasteiger partial charge in [0.05, 0.1) is 6.54 Å². The Bertz CT molecular complexity index is 346. The van der Waals surface area contributed by atoms with E-state index >= 15 is 0 Å². The van der Waals surface area contributed by atoms with E-state index in [2.05, 4.69) is 23.3 Å². The highest BCUT2D eigenvalue weighted by molar-refractivity contribution is 7.07. The molecule has 0 bridgehead atoms. The van der Waals surface area contributed by atoms with Crippen LogP contribution in [0.5, 0.6) is 0 Å². The molecule has 3 nitrogen and oxygen atoms in total. The molecule has 1 heterocycles. The van der Waals surface area contributed by atoms with Crippen molar-refractivity contribution >= 4 is 17.3 Å². The maximum Gasteiger partial charge on any atom is 0.317 e. The van der Waals surface area contributed by atoms with Gasteiger partial charge in [0.25, 0.3) is 0 Å². The molecular weight excluding hydrogens is 222 g/mol. The Labute approximate surface area is 99.7 Å². The summed E-state index contributed by atoms with van der Waals surface area (Å²) in [6.07, 6.45) is 2.51. The van der Waals surface area contributed by atoms with Gasteiger partial charge in [0, 0.05) is 12.6 Å². The molecule has 4 heteroatoms. The number of aliphatic carboxylic acids is 1. The van der Waals surface area contributed by atoms with Crippen LogP contribution in [0.2, 0.25) is 0 Å². The zero-order valence-corrected chi connectivity index (χ0v) is 10.2. The van der Waals surface area contributed by atoms with Crippen molar-refractivity contribution < 1.29 is 9.90 Å². The Morgan fingerprint density at radius 3 is 2.94 bits per heavy atom. The lowest BCUT2D eigenvalue weighted by Crippen LogP contribution is -2.33. The molecule has 1 unspecified atom stereocenters. The highest BCUT2D eigenvalue weighted by Crippen LogP contribution is 2.32. The van der Waals surface area contributed by atoms with Crippen LogP contribution in [-0.4, -0.2) is 29.1 Å². The molecule has 1 saturated carbocycles. The maximum atomic E-state index is 10.8. The van der Waals surface area contributed by atoms with Crippen molar-refractivity contribution in [3.05, 3.63) is 22.4 Å². The minimum Gasteiger partial charge on any atom is -0.480 e. The second kappa shape index (κ2) is 4.97.